The van der Waals surface area contributed by atoms with Gasteiger partial charge >= 0.3 is 0 Å². The number of hydrogen-bond acceptors (Lipinski definition) is 6. The van der Waals surface area contributed by atoms with Crippen LogP contribution in [0.5, 0.6) is 11.5 Å². The van der Waals surface area contributed by atoms with E-state index in [1.54, 1.807) is 41.3 Å². The lowest BCUT2D eigenvalue weighted by Gasteiger charge is -2.26. The maximum Gasteiger partial charge on any atom is 0.252 e. The molecule has 0 saturated carbocycles. The zero-order valence-electron chi connectivity index (χ0n) is 17.2. The van der Waals surface area contributed by atoms with Gasteiger partial charge in [-0.15, -0.1) is 0 Å². The highest BCUT2D eigenvalue weighted by atomic mass is 35.5. The Morgan fingerprint density at radius 1 is 1.12 bits per heavy atom. The Labute approximate surface area is 200 Å². The Hall–Kier alpha value is -1.94. The van der Waals surface area contributed by atoms with Crippen LogP contribution in [0.25, 0.3) is 0 Å². The van der Waals surface area contributed by atoms with Gasteiger partial charge in [0.25, 0.3) is 5.91 Å². The summed E-state index contributed by atoms with van der Waals surface area (Å²) in [6.45, 7) is 0. The van der Waals surface area contributed by atoms with Crippen molar-refractivity contribution in [1.82, 2.24) is 0 Å². The lowest BCUT2D eigenvalue weighted by molar-refractivity contribution is -0.117. The number of sulfone groups is 1. The van der Waals surface area contributed by atoms with Crippen molar-refractivity contribution < 1.29 is 22.7 Å². The second kappa shape index (κ2) is 9.13. The topological polar surface area (TPSA) is 85.3 Å². The third-order valence-corrected chi connectivity index (χ3v) is 9.09. The van der Waals surface area contributed by atoms with E-state index in [4.69, 9.17) is 32.7 Å². The van der Waals surface area contributed by atoms with Crippen molar-refractivity contribution in [2.24, 2.45) is 4.99 Å². The Balaban J connectivity index is 1.66. The molecule has 0 spiro atoms. The van der Waals surface area contributed by atoms with E-state index < -0.39 is 15.9 Å². The number of methoxy groups -OCH3 is 2. The van der Waals surface area contributed by atoms with Gasteiger partial charge < -0.3 is 14.4 Å². The van der Waals surface area contributed by atoms with E-state index in [0.717, 1.165) is 0 Å². The molecule has 2 fully saturated rings. The van der Waals surface area contributed by atoms with Crippen LogP contribution in [0.4, 0.5) is 5.69 Å². The minimum atomic E-state index is -3.20. The number of ether oxygens (including phenoxy) is 2. The number of benzene rings is 2. The molecular formula is C21H20Cl2N2O5S2. The van der Waals surface area contributed by atoms with Crippen molar-refractivity contribution in [3.8, 4) is 11.5 Å². The largest absolute Gasteiger partial charge is 0.493 e. The maximum absolute atomic E-state index is 12.8. The number of hydrogen-bond donors (Lipinski definition) is 0. The fourth-order valence-corrected chi connectivity index (χ4v) is 8.35. The molecule has 2 aliphatic heterocycles. The van der Waals surface area contributed by atoms with Crippen molar-refractivity contribution in [2.75, 3.05) is 30.6 Å². The predicted octanol–water partition coefficient (Wildman–Crippen LogP) is 3.85. The SMILES string of the molecule is COc1ccc(CC(=O)N=C2S[C@@H]3CS(=O)(=O)C[C@H]3N2c2c(Cl)cccc2Cl)cc1OC. The lowest BCUT2D eigenvalue weighted by Crippen LogP contribution is -2.38. The van der Waals surface area contributed by atoms with Gasteiger partial charge in [-0.3, -0.25) is 4.79 Å². The second-order valence-electron chi connectivity index (χ2n) is 7.40. The second-order valence-corrected chi connectivity index (χ2v) is 11.6. The molecule has 0 aliphatic carbocycles. The Kier molecular flexibility index (Phi) is 6.63. The predicted molar refractivity (Wildman–Crippen MR) is 128 cm³/mol. The molecule has 7 nitrogen and oxygen atoms in total. The van der Waals surface area contributed by atoms with E-state index in [-0.39, 0.29) is 29.1 Å². The van der Waals surface area contributed by atoms with Crippen molar-refractivity contribution in [3.63, 3.8) is 0 Å². The molecular weight excluding hydrogens is 495 g/mol. The first kappa shape index (κ1) is 23.2. The van der Waals surface area contributed by atoms with E-state index in [0.29, 0.717) is 38.0 Å². The van der Waals surface area contributed by atoms with Crippen LogP contribution in [0.3, 0.4) is 0 Å². The van der Waals surface area contributed by atoms with Crippen molar-refractivity contribution in [3.05, 3.63) is 52.0 Å². The summed E-state index contributed by atoms with van der Waals surface area (Å²) in [7, 11) is -0.137. The first-order valence-electron chi connectivity index (χ1n) is 9.65. The zero-order chi connectivity index (χ0) is 23.0. The lowest BCUT2D eigenvalue weighted by atomic mass is 10.1. The average molecular weight is 515 g/mol. The molecule has 2 aromatic rings. The molecule has 0 N–H and O–H groups in total. The highest BCUT2D eigenvalue weighted by Gasteiger charge is 2.50. The maximum atomic E-state index is 12.8. The molecule has 2 atom stereocenters. The molecule has 4 rings (SSSR count). The van der Waals surface area contributed by atoms with Crippen LogP contribution >= 0.6 is 35.0 Å². The quantitative estimate of drug-likeness (QED) is 0.598. The number of aliphatic imine (C=N–C) groups is 1. The summed E-state index contributed by atoms with van der Waals surface area (Å²) in [4.78, 5) is 18.9. The molecule has 0 bridgehead atoms. The van der Waals surface area contributed by atoms with Crippen LogP contribution in [0.15, 0.2) is 41.4 Å². The average Bonchev–Trinajstić information content (AvgIpc) is 3.19. The molecule has 2 saturated heterocycles. The van der Waals surface area contributed by atoms with Gasteiger partial charge in [0.1, 0.15) is 0 Å². The minimum Gasteiger partial charge on any atom is -0.493 e. The van der Waals surface area contributed by atoms with Gasteiger partial charge in [-0.1, -0.05) is 47.1 Å². The highest BCUT2D eigenvalue weighted by Crippen LogP contribution is 2.45. The summed E-state index contributed by atoms with van der Waals surface area (Å²) >= 11 is 14.1. The molecule has 11 heteroatoms. The molecule has 32 heavy (non-hydrogen) atoms. The van der Waals surface area contributed by atoms with Crippen LogP contribution in [-0.2, 0) is 21.1 Å². The van der Waals surface area contributed by atoms with Gasteiger partial charge in [0.05, 0.1) is 53.9 Å². The van der Waals surface area contributed by atoms with Gasteiger partial charge in [-0.2, -0.15) is 4.99 Å². The molecule has 170 valence electrons. The minimum absolute atomic E-state index is 0.0177. The summed E-state index contributed by atoms with van der Waals surface area (Å²) in [5, 5.41) is 0.876. The fourth-order valence-electron chi connectivity index (χ4n) is 3.86. The van der Waals surface area contributed by atoms with Gasteiger partial charge in [0, 0.05) is 5.25 Å². The molecule has 0 radical (unpaired) electrons. The van der Waals surface area contributed by atoms with Gasteiger partial charge in [-0.05, 0) is 29.8 Å². The zero-order valence-corrected chi connectivity index (χ0v) is 20.4. The number of anilines is 1. The van der Waals surface area contributed by atoms with Crippen molar-refractivity contribution in [1.29, 1.82) is 0 Å². The number of halogens is 2. The Morgan fingerprint density at radius 2 is 1.81 bits per heavy atom. The summed E-state index contributed by atoms with van der Waals surface area (Å²) in [6, 6.07) is 9.88. The van der Waals surface area contributed by atoms with E-state index in [9.17, 15) is 13.2 Å². The van der Waals surface area contributed by atoms with Gasteiger partial charge in [-0.25, -0.2) is 8.42 Å². The number of rotatable bonds is 5. The van der Waals surface area contributed by atoms with Crippen LogP contribution in [-0.4, -0.2) is 56.5 Å². The van der Waals surface area contributed by atoms with Crippen molar-refractivity contribution in [2.45, 2.75) is 17.7 Å². The first-order chi connectivity index (χ1) is 15.2. The van der Waals surface area contributed by atoms with Crippen LogP contribution < -0.4 is 14.4 Å². The summed E-state index contributed by atoms with van der Waals surface area (Å²) < 4.78 is 35.0. The van der Waals surface area contributed by atoms with Gasteiger partial charge in [0.15, 0.2) is 26.5 Å². The number of amides is 1. The normalized spacial score (nSPS) is 22.8. The molecule has 1 amide bonds. The van der Waals surface area contributed by atoms with Crippen LogP contribution in [0.1, 0.15) is 5.56 Å². The summed E-state index contributed by atoms with van der Waals surface area (Å²) in [6.07, 6.45) is 0.0438. The Bertz CT molecular complexity index is 1180. The number of nitrogens with zero attached hydrogens (tertiary/aromatic N) is 2. The van der Waals surface area contributed by atoms with E-state index in [2.05, 4.69) is 4.99 Å². The number of para-hydroxylation sites is 1. The molecule has 2 aliphatic rings. The summed E-state index contributed by atoms with van der Waals surface area (Å²) in [5.41, 5.74) is 1.18. The van der Waals surface area contributed by atoms with Crippen molar-refractivity contribution >= 4 is 61.6 Å². The molecule has 0 aromatic heterocycles. The first-order valence-corrected chi connectivity index (χ1v) is 13.1. The third-order valence-electron chi connectivity index (χ3n) is 5.27. The smallest absolute Gasteiger partial charge is 0.252 e. The third kappa shape index (κ3) is 4.57. The highest BCUT2D eigenvalue weighted by molar-refractivity contribution is 8.16. The van der Waals surface area contributed by atoms with Crippen LogP contribution in [0, 0.1) is 0 Å². The van der Waals surface area contributed by atoms with E-state index >= 15 is 0 Å². The summed E-state index contributed by atoms with van der Waals surface area (Å²) in [5.74, 6) is 0.675. The fraction of sp³-hybridized carbons (Fsp3) is 0.333. The number of thioether (sulfide) groups is 1. The van der Waals surface area contributed by atoms with Gasteiger partial charge in [0.2, 0.25) is 0 Å². The molecule has 2 heterocycles. The van der Waals surface area contributed by atoms with Crippen LogP contribution in [0.2, 0.25) is 10.0 Å². The number of fused-ring (bicyclic) bond motifs is 1. The number of carbonyl (C=O) groups excluding carboxylic acids is 1. The number of carbonyl (C=O) groups is 1. The Morgan fingerprint density at radius 3 is 2.47 bits per heavy atom. The monoisotopic (exact) mass is 514 g/mol. The molecule has 2 aromatic carbocycles. The van der Waals surface area contributed by atoms with E-state index in [1.165, 1.54) is 26.0 Å². The standard InChI is InChI=1S/C21H20Cl2N2O5S2/c1-29-16-7-6-12(8-17(16)30-2)9-19(26)24-21-25(20-13(22)4-3-5-14(20)23)15-10-32(27,28)11-18(15)31-21/h3-8,15,18H,9-11H2,1-2H3/t15-,18-/m1/s1. The molecule has 0 unspecified atom stereocenters. The van der Waals surface area contributed by atoms with E-state index in [1.807, 2.05) is 0 Å². The number of amidine groups is 1.